The van der Waals surface area contributed by atoms with Gasteiger partial charge in [-0.2, -0.15) is 0 Å². The van der Waals surface area contributed by atoms with Gasteiger partial charge in [0.05, 0.1) is 0 Å². The smallest absolute Gasteiger partial charge is 0.206 e. The number of allylic oxidation sites excluding steroid dienone is 2. The molecule has 0 fully saturated rings. The maximum atomic E-state index is 12.8. The molecular weight excluding hydrogens is 286 g/mol. The van der Waals surface area contributed by atoms with E-state index in [2.05, 4.69) is 31.9 Å². The summed E-state index contributed by atoms with van der Waals surface area (Å²) in [6.45, 7) is 0. The zero-order chi connectivity index (χ0) is 8.65. The molecule has 0 aromatic carbocycles. The highest BCUT2D eigenvalue weighted by molar-refractivity contribution is 9.12. The molecule has 0 bridgehead atoms. The third-order valence-electron chi connectivity index (χ3n) is 1.27. The summed E-state index contributed by atoms with van der Waals surface area (Å²) in [7, 11) is 0. The minimum atomic E-state index is -2.19. The van der Waals surface area contributed by atoms with Gasteiger partial charge in [-0.25, -0.2) is 8.78 Å². The van der Waals surface area contributed by atoms with Gasteiger partial charge in [-0.1, -0.05) is 15.9 Å². The van der Waals surface area contributed by atoms with E-state index in [1.54, 1.807) is 0 Å². The van der Waals surface area contributed by atoms with Crippen molar-refractivity contribution in [3.63, 3.8) is 0 Å². The van der Waals surface area contributed by atoms with Gasteiger partial charge < -0.3 is 5.11 Å². The van der Waals surface area contributed by atoms with Gasteiger partial charge in [0.25, 0.3) is 0 Å². The number of halogens is 4. The number of hydrogen-bond donors (Lipinski definition) is 1. The topological polar surface area (TPSA) is 20.2 Å². The molecule has 2 unspecified atom stereocenters. The molecule has 62 valence electrons. The first-order chi connectivity index (χ1) is 4.94. The summed E-state index contributed by atoms with van der Waals surface area (Å²) in [4.78, 5) is 0. The Balaban J connectivity index is 3.01. The lowest BCUT2D eigenvalue weighted by Gasteiger charge is -2.24. The van der Waals surface area contributed by atoms with Crippen molar-refractivity contribution in [2.75, 3.05) is 0 Å². The van der Waals surface area contributed by atoms with Crippen LogP contribution >= 0.6 is 31.9 Å². The van der Waals surface area contributed by atoms with Crippen molar-refractivity contribution in [3.05, 3.63) is 22.5 Å². The second kappa shape index (κ2) is 2.95. The first-order valence-corrected chi connectivity index (χ1v) is 4.33. The normalized spacial score (nSPS) is 38.1. The predicted molar refractivity (Wildman–Crippen MR) is 45.0 cm³/mol. The fourth-order valence-corrected chi connectivity index (χ4v) is 1.33. The average molecular weight is 290 g/mol. The summed E-state index contributed by atoms with van der Waals surface area (Å²) >= 11 is 5.42. The molecule has 0 aromatic heterocycles. The lowest BCUT2D eigenvalue weighted by molar-refractivity contribution is 0.0854. The van der Waals surface area contributed by atoms with Crippen molar-refractivity contribution in [2.24, 2.45) is 0 Å². The highest BCUT2D eigenvalue weighted by Crippen LogP contribution is 2.37. The number of rotatable bonds is 0. The van der Waals surface area contributed by atoms with Crippen molar-refractivity contribution in [1.29, 1.82) is 0 Å². The summed E-state index contributed by atoms with van der Waals surface area (Å²) in [6, 6.07) is 0. The van der Waals surface area contributed by atoms with Crippen LogP contribution < -0.4 is 0 Å². The summed E-state index contributed by atoms with van der Waals surface area (Å²) in [5.74, 6) is -0.945. The van der Waals surface area contributed by atoms with E-state index in [0.717, 1.165) is 12.2 Å². The number of aliphatic hydroxyl groups is 1. The van der Waals surface area contributed by atoms with Gasteiger partial charge in [-0.05, 0) is 28.1 Å². The standard InChI is InChI=1S/C6H4Br2F2O/c7-3-1-4(9)6(8,11)5(10)2-3/h1-2,4,11H. The van der Waals surface area contributed by atoms with E-state index >= 15 is 0 Å². The lowest BCUT2D eigenvalue weighted by atomic mass is 10.1. The summed E-state index contributed by atoms with van der Waals surface area (Å²) in [5, 5.41) is 9.06. The maximum Gasteiger partial charge on any atom is 0.206 e. The highest BCUT2D eigenvalue weighted by Gasteiger charge is 2.40. The largest absolute Gasteiger partial charge is 0.370 e. The van der Waals surface area contributed by atoms with Gasteiger partial charge in [0.1, 0.15) is 5.83 Å². The Morgan fingerprint density at radius 2 is 2.18 bits per heavy atom. The maximum absolute atomic E-state index is 12.8. The van der Waals surface area contributed by atoms with Crippen molar-refractivity contribution < 1.29 is 13.9 Å². The van der Waals surface area contributed by atoms with E-state index < -0.39 is 16.5 Å². The Hall–Kier alpha value is 0.260. The van der Waals surface area contributed by atoms with Crippen LogP contribution in [-0.2, 0) is 0 Å². The minimum absolute atomic E-state index is 0.284. The van der Waals surface area contributed by atoms with Crippen LogP contribution in [0.5, 0.6) is 0 Å². The Labute approximate surface area is 79.0 Å². The van der Waals surface area contributed by atoms with Crippen molar-refractivity contribution in [2.45, 2.75) is 10.7 Å². The lowest BCUT2D eigenvalue weighted by Crippen LogP contribution is -2.34. The van der Waals surface area contributed by atoms with Crippen LogP contribution in [0.4, 0.5) is 8.78 Å². The van der Waals surface area contributed by atoms with Crippen molar-refractivity contribution >= 4 is 31.9 Å². The molecule has 0 aromatic rings. The van der Waals surface area contributed by atoms with Crippen molar-refractivity contribution in [3.8, 4) is 0 Å². The van der Waals surface area contributed by atoms with Crippen LogP contribution in [0.3, 0.4) is 0 Å². The third kappa shape index (κ3) is 1.71. The Morgan fingerprint density at radius 1 is 1.64 bits per heavy atom. The van der Waals surface area contributed by atoms with E-state index in [-0.39, 0.29) is 4.48 Å². The molecule has 0 saturated heterocycles. The van der Waals surface area contributed by atoms with E-state index in [1.165, 1.54) is 0 Å². The minimum Gasteiger partial charge on any atom is -0.370 e. The van der Waals surface area contributed by atoms with E-state index in [1.807, 2.05) is 0 Å². The zero-order valence-electron chi connectivity index (χ0n) is 5.19. The molecule has 1 nitrogen and oxygen atoms in total. The molecular formula is C6H4Br2F2O. The van der Waals surface area contributed by atoms with Gasteiger partial charge >= 0.3 is 0 Å². The van der Waals surface area contributed by atoms with Crippen LogP contribution in [0.25, 0.3) is 0 Å². The predicted octanol–water partition coefficient (Wildman–Crippen LogP) is 2.55. The average Bonchev–Trinajstić information content (AvgIpc) is 1.84. The van der Waals surface area contributed by atoms with Gasteiger partial charge in [0, 0.05) is 4.48 Å². The van der Waals surface area contributed by atoms with Crippen LogP contribution in [0.2, 0.25) is 0 Å². The van der Waals surface area contributed by atoms with E-state index in [9.17, 15) is 8.78 Å². The Morgan fingerprint density at radius 3 is 2.64 bits per heavy atom. The quantitative estimate of drug-likeness (QED) is 0.680. The van der Waals surface area contributed by atoms with Crippen LogP contribution in [-0.4, -0.2) is 15.8 Å². The fraction of sp³-hybridized carbons (Fsp3) is 0.333. The molecule has 1 N–H and O–H groups in total. The molecule has 5 heteroatoms. The molecule has 1 aliphatic rings. The molecule has 0 aliphatic heterocycles. The first kappa shape index (κ1) is 9.35. The molecule has 11 heavy (non-hydrogen) atoms. The molecule has 0 spiro atoms. The van der Waals surface area contributed by atoms with Crippen LogP contribution in [0, 0.1) is 0 Å². The van der Waals surface area contributed by atoms with Gasteiger partial charge in [0.15, 0.2) is 6.17 Å². The van der Waals surface area contributed by atoms with Gasteiger partial charge in [-0.15, -0.1) is 0 Å². The SMILES string of the molecule is OC1(Br)C(F)=CC(Br)=CC1F. The molecule has 1 aliphatic carbocycles. The molecule has 0 amide bonds. The summed E-state index contributed by atoms with van der Waals surface area (Å²) in [6.07, 6.45) is 0.296. The first-order valence-electron chi connectivity index (χ1n) is 2.75. The highest BCUT2D eigenvalue weighted by atomic mass is 79.9. The van der Waals surface area contributed by atoms with Crippen LogP contribution in [0.15, 0.2) is 22.5 Å². The van der Waals surface area contributed by atoms with Gasteiger partial charge in [0.2, 0.25) is 4.51 Å². The fourth-order valence-electron chi connectivity index (χ4n) is 0.652. The third-order valence-corrected chi connectivity index (χ3v) is 2.58. The number of hydrogen-bond acceptors (Lipinski definition) is 1. The van der Waals surface area contributed by atoms with Crippen molar-refractivity contribution in [1.82, 2.24) is 0 Å². The zero-order valence-corrected chi connectivity index (χ0v) is 8.36. The van der Waals surface area contributed by atoms with Crippen LogP contribution in [0.1, 0.15) is 0 Å². The molecule has 1 rings (SSSR count). The second-order valence-electron chi connectivity index (χ2n) is 2.12. The van der Waals surface area contributed by atoms with E-state index in [0.29, 0.717) is 0 Å². The van der Waals surface area contributed by atoms with Gasteiger partial charge in [-0.3, -0.25) is 0 Å². The summed E-state index contributed by atoms with van der Waals surface area (Å²) < 4.78 is 23.6. The summed E-state index contributed by atoms with van der Waals surface area (Å²) in [5.41, 5.74) is 0. The molecule has 0 saturated carbocycles. The molecule has 0 radical (unpaired) electrons. The Kier molecular flexibility index (Phi) is 2.51. The Bertz CT molecular complexity index is 235. The number of alkyl halides is 2. The molecule has 2 atom stereocenters. The molecule has 0 heterocycles. The monoisotopic (exact) mass is 288 g/mol. The second-order valence-corrected chi connectivity index (χ2v) is 4.24. The van der Waals surface area contributed by atoms with E-state index in [4.69, 9.17) is 5.11 Å².